The molecule has 4 heteroatoms. The third-order valence-corrected chi connectivity index (χ3v) is 4.30. The van der Waals surface area contributed by atoms with Gasteiger partial charge in [-0.05, 0) is 24.3 Å². The van der Waals surface area contributed by atoms with Crippen molar-refractivity contribution in [3.05, 3.63) is 23.9 Å². The van der Waals surface area contributed by atoms with Crippen LogP contribution in [0.3, 0.4) is 0 Å². The quantitative estimate of drug-likeness (QED) is 0.810. The lowest BCUT2D eigenvalue weighted by Gasteiger charge is -2.37. The monoisotopic (exact) mass is 277 g/mol. The number of piperidine rings is 1. The molecule has 0 radical (unpaired) electrons. The zero-order valence-corrected chi connectivity index (χ0v) is 12.9. The Bertz CT molecular complexity index is 410. The summed E-state index contributed by atoms with van der Waals surface area (Å²) in [6.07, 6.45) is 3.16. The molecule has 0 saturated carbocycles. The van der Waals surface area contributed by atoms with Crippen molar-refractivity contribution in [1.29, 1.82) is 0 Å². The third-order valence-electron chi connectivity index (χ3n) is 4.30. The Morgan fingerprint density at radius 2 is 2.25 bits per heavy atom. The number of methoxy groups -OCH3 is 1. The lowest BCUT2D eigenvalue weighted by atomic mass is 9.88. The molecule has 0 spiro atoms. The van der Waals surface area contributed by atoms with Crippen LogP contribution in [-0.2, 0) is 11.3 Å². The molecule has 0 aromatic carbocycles. The predicted molar refractivity (Wildman–Crippen MR) is 83.0 cm³/mol. The maximum Gasteiger partial charge on any atom is 0.133 e. The summed E-state index contributed by atoms with van der Waals surface area (Å²) in [4.78, 5) is 7.06. The van der Waals surface area contributed by atoms with Crippen molar-refractivity contribution in [3.8, 4) is 0 Å². The number of ether oxygens (including phenoxy) is 1. The first-order valence-corrected chi connectivity index (χ1v) is 7.61. The number of aromatic nitrogens is 1. The molecule has 2 atom stereocenters. The summed E-state index contributed by atoms with van der Waals surface area (Å²) < 4.78 is 5.06. The number of anilines is 1. The molecule has 1 aliphatic heterocycles. The highest BCUT2D eigenvalue weighted by Gasteiger charge is 2.24. The van der Waals surface area contributed by atoms with E-state index >= 15 is 0 Å². The topological polar surface area (TPSA) is 37.4 Å². The first-order valence-electron chi connectivity index (χ1n) is 7.61. The fourth-order valence-electron chi connectivity index (χ4n) is 2.71. The van der Waals surface area contributed by atoms with E-state index in [1.807, 2.05) is 12.3 Å². The molecular formula is C16H27N3O. The Labute approximate surface area is 122 Å². The van der Waals surface area contributed by atoms with Gasteiger partial charge in [-0.1, -0.05) is 19.9 Å². The van der Waals surface area contributed by atoms with Crippen molar-refractivity contribution in [2.45, 2.75) is 26.8 Å². The lowest BCUT2D eigenvalue weighted by molar-refractivity contribution is 0.199. The van der Waals surface area contributed by atoms with Crippen molar-refractivity contribution in [2.24, 2.45) is 11.8 Å². The Morgan fingerprint density at radius 3 is 3.00 bits per heavy atom. The fraction of sp³-hybridized carbons (Fsp3) is 0.688. The second-order valence-electron chi connectivity index (χ2n) is 5.84. The number of pyridine rings is 1. The molecule has 4 nitrogen and oxygen atoms in total. The molecule has 20 heavy (non-hydrogen) atoms. The van der Waals surface area contributed by atoms with Gasteiger partial charge in [-0.25, -0.2) is 4.98 Å². The highest BCUT2D eigenvalue weighted by molar-refractivity contribution is 5.47. The zero-order chi connectivity index (χ0) is 14.4. The molecule has 1 aromatic heterocycles. The molecule has 1 fully saturated rings. The van der Waals surface area contributed by atoms with E-state index in [0.29, 0.717) is 0 Å². The Morgan fingerprint density at radius 1 is 1.40 bits per heavy atom. The van der Waals surface area contributed by atoms with Crippen LogP contribution in [-0.4, -0.2) is 38.3 Å². The van der Waals surface area contributed by atoms with Gasteiger partial charge in [0.05, 0.1) is 6.61 Å². The number of rotatable bonds is 6. The Kier molecular flexibility index (Phi) is 5.80. The van der Waals surface area contributed by atoms with Crippen LogP contribution in [0.5, 0.6) is 0 Å². The van der Waals surface area contributed by atoms with Crippen LogP contribution >= 0.6 is 0 Å². The molecule has 2 unspecified atom stereocenters. The van der Waals surface area contributed by atoms with Crippen molar-refractivity contribution < 1.29 is 4.74 Å². The van der Waals surface area contributed by atoms with Crippen molar-refractivity contribution in [1.82, 2.24) is 10.3 Å². The number of hydrogen-bond donors (Lipinski definition) is 1. The van der Waals surface area contributed by atoms with Gasteiger partial charge >= 0.3 is 0 Å². The van der Waals surface area contributed by atoms with Gasteiger partial charge in [-0.3, -0.25) is 0 Å². The van der Waals surface area contributed by atoms with E-state index in [0.717, 1.165) is 50.4 Å². The summed E-state index contributed by atoms with van der Waals surface area (Å²) in [5.41, 5.74) is 1.28. The number of nitrogens with one attached hydrogen (secondary N) is 1. The number of hydrogen-bond acceptors (Lipinski definition) is 4. The highest BCUT2D eigenvalue weighted by Crippen LogP contribution is 2.27. The molecule has 1 aromatic rings. The standard InChI is InChI=1S/C16H27N3O/c1-13-6-9-19(12-14(13)2)16-15(5-4-7-18-16)11-17-8-10-20-3/h4-5,7,13-14,17H,6,8-12H2,1-3H3. The van der Waals surface area contributed by atoms with Crippen LogP contribution in [0.4, 0.5) is 5.82 Å². The number of nitrogens with zero attached hydrogens (tertiary/aromatic N) is 2. The maximum absolute atomic E-state index is 5.06. The summed E-state index contributed by atoms with van der Waals surface area (Å²) >= 11 is 0. The normalized spacial score (nSPS) is 23.1. The summed E-state index contributed by atoms with van der Waals surface area (Å²) in [5, 5.41) is 3.41. The van der Waals surface area contributed by atoms with Gasteiger partial charge in [0.15, 0.2) is 0 Å². The lowest BCUT2D eigenvalue weighted by Crippen LogP contribution is -2.39. The first-order chi connectivity index (χ1) is 9.72. The van der Waals surface area contributed by atoms with Crippen LogP contribution in [0, 0.1) is 11.8 Å². The van der Waals surface area contributed by atoms with Crippen LogP contribution in [0.15, 0.2) is 18.3 Å². The summed E-state index contributed by atoms with van der Waals surface area (Å²) in [6, 6.07) is 4.19. The summed E-state index contributed by atoms with van der Waals surface area (Å²) in [7, 11) is 1.73. The zero-order valence-electron chi connectivity index (χ0n) is 12.9. The fourth-order valence-corrected chi connectivity index (χ4v) is 2.71. The van der Waals surface area contributed by atoms with E-state index in [4.69, 9.17) is 4.74 Å². The summed E-state index contributed by atoms with van der Waals surface area (Å²) in [5.74, 6) is 2.70. The molecular weight excluding hydrogens is 250 g/mol. The van der Waals surface area contributed by atoms with Gasteiger partial charge in [-0.15, -0.1) is 0 Å². The minimum atomic E-state index is 0.736. The average Bonchev–Trinajstić information content (AvgIpc) is 2.47. The van der Waals surface area contributed by atoms with E-state index in [1.54, 1.807) is 7.11 Å². The van der Waals surface area contributed by atoms with E-state index in [9.17, 15) is 0 Å². The Hall–Kier alpha value is -1.13. The molecule has 1 saturated heterocycles. The SMILES string of the molecule is COCCNCc1cccnc1N1CCC(C)C(C)C1. The van der Waals surface area contributed by atoms with Crippen molar-refractivity contribution in [2.75, 3.05) is 38.3 Å². The Balaban J connectivity index is 2.00. The molecule has 1 aliphatic rings. The maximum atomic E-state index is 5.06. The van der Waals surface area contributed by atoms with Crippen LogP contribution in [0.1, 0.15) is 25.8 Å². The molecule has 0 bridgehead atoms. The predicted octanol–water partition coefficient (Wildman–Crippen LogP) is 2.30. The highest BCUT2D eigenvalue weighted by atomic mass is 16.5. The van der Waals surface area contributed by atoms with Gasteiger partial charge in [0, 0.05) is 45.0 Å². The van der Waals surface area contributed by atoms with Crippen LogP contribution < -0.4 is 10.2 Å². The van der Waals surface area contributed by atoms with E-state index < -0.39 is 0 Å². The minimum absolute atomic E-state index is 0.736. The molecule has 112 valence electrons. The van der Waals surface area contributed by atoms with E-state index in [-0.39, 0.29) is 0 Å². The van der Waals surface area contributed by atoms with Gasteiger partial charge in [0.1, 0.15) is 5.82 Å². The van der Waals surface area contributed by atoms with Gasteiger partial charge < -0.3 is 15.0 Å². The molecule has 2 heterocycles. The molecule has 0 amide bonds. The molecule has 2 rings (SSSR count). The first kappa shape index (κ1) is 15.3. The smallest absolute Gasteiger partial charge is 0.133 e. The van der Waals surface area contributed by atoms with Gasteiger partial charge in [0.2, 0.25) is 0 Å². The second kappa shape index (κ2) is 7.60. The van der Waals surface area contributed by atoms with Gasteiger partial charge in [-0.2, -0.15) is 0 Å². The average molecular weight is 277 g/mol. The van der Waals surface area contributed by atoms with Crippen LogP contribution in [0.2, 0.25) is 0 Å². The molecule has 1 N–H and O–H groups in total. The van der Waals surface area contributed by atoms with Crippen molar-refractivity contribution >= 4 is 5.82 Å². The largest absolute Gasteiger partial charge is 0.383 e. The van der Waals surface area contributed by atoms with Gasteiger partial charge in [0.25, 0.3) is 0 Å². The minimum Gasteiger partial charge on any atom is -0.383 e. The second-order valence-corrected chi connectivity index (χ2v) is 5.84. The summed E-state index contributed by atoms with van der Waals surface area (Å²) in [6.45, 7) is 9.40. The van der Waals surface area contributed by atoms with Crippen molar-refractivity contribution in [3.63, 3.8) is 0 Å². The van der Waals surface area contributed by atoms with Crippen LogP contribution in [0.25, 0.3) is 0 Å². The van der Waals surface area contributed by atoms with E-state index in [2.05, 4.69) is 35.1 Å². The third kappa shape index (κ3) is 3.93. The molecule has 0 aliphatic carbocycles. The van der Waals surface area contributed by atoms with E-state index in [1.165, 1.54) is 12.0 Å².